The quantitative estimate of drug-likeness (QED) is 0.488. The van der Waals surface area contributed by atoms with E-state index in [1.807, 2.05) is 0 Å². The molecule has 0 bridgehead atoms. The van der Waals surface area contributed by atoms with Crippen molar-refractivity contribution < 1.29 is 4.39 Å². The lowest BCUT2D eigenvalue weighted by atomic mass is 10.0. The third kappa shape index (κ3) is 3.26. The van der Waals surface area contributed by atoms with Gasteiger partial charge in [-0.25, -0.2) is 4.39 Å². The molecule has 0 radical (unpaired) electrons. The van der Waals surface area contributed by atoms with Crippen LogP contribution in [0, 0.1) is 5.82 Å². The van der Waals surface area contributed by atoms with Gasteiger partial charge in [0.05, 0.1) is 25.1 Å². The Labute approximate surface area is 146 Å². The van der Waals surface area contributed by atoms with Gasteiger partial charge in [0.15, 0.2) is 0 Å². The minimum absolute atomic E-state index is 0.0337. The van der Waals surface area contributed by atoms with Gasteiger partial charge in [-0.05, 0) is 30.7 Å². The van der Waals surface area contributed by atoms with Crippen LogP contribution < -0.4 is 5.73 Å². The summed E-state index contributed by atoms with van der Waals surface area (Å²) in [7, 11) is 0. The van der Waals surface area contributed by atoms with Gasteiger partial charge in [-0.15, -0.1) is 0 Å². The minimum Gasteiger partial charge on any atom is -0.330 e. The van der Waals surface area contributed by atoms with Gasteiger partial charge in [0.1, 0.15) is 5.82 Å². The van der Waals surface area contributed by atoms with E-state index in [9.17, 15) is 4.39 Å². The number of halogens is 6. The molecule has 2 aromatic carbocycles. The fourth-order valence-corrected chi connectivity index (χ4v) is 3.27. The van der Waals surface area contributed by atoms with Gasteiger partial charge in [0.2, 0.25) is 0 Å². The van der Waals surface area contributed by atoms with Crippen molar-refractivity contribution >= 4 is 58.0 Å². The van der Waals surface area contributed by atoms with Gasteiger partial charge >= 0.3 is 0 Å². The third-order valence-corrected chi connectivity index (χ3v) is 5.22. The van der Waals surface area contributed by atoms with Crippen LogP contribution in [0.1, 0.15) is 5.56 Å². The molecule has 0 amide bonds. The molecule has 0 heterocycles. The largest absolute Gasteiger partial charge is 0.330 e. The Kier molecular flexibility index (Phi) is 5.64. The maximum atomic E-state index is 14.2. The normalized spacial score (nSPS) is 11.0. The van der Waals surface area contributed by atoms with Crippen molar-refractivity contribution in [1.29, 1.82) is 0 Å². The van der Waals surface area contributed by atoms with Crippen LogP contribution in [0.2, 0.25) is 25.1 Å². The average molecular weight is 387 g/mol. The summed E-state index contributed by atoms with van der Waals surface area (Å²) in [5, 5.41) is 0.216. The average Bonchev–Trinajstić information content (AvgIpc) is 2.47. The Balaban J connectivity index is 2.75. The monoisotopic (exact) mass is 385 g/mol. The zero-order valence-electron chi connectivity index (χ0n) is 10.5. The second kappa shape index (κ2) is 6.91. The predicted octanol–water partition coefficient (Wildman–Crippen LogP) is 6.26. The highest BCUT2D eigenvalue weighted by Gasteiger charge is 2.22. The first-order valence-electron chi connectivity index (χ1n) is 5.88. The molecular formula is C14H9Cl5FN. The van der Waals surface area contributed by atoms with Gasteiger partial charge in [0, 0.05) is 11.1 Å². The molecule has 0 aromatic heterocycles. The molecule has 2 aromatic rings. The zero-order valence-corrected chi connectivity index (χ0v) is 14.3. The third-order valence-electron chi connectivity index (χ3n) is 2.94. The second-order valence-electron chi connectivity index (χ2n) is 4.30. The fourth-order valence-electron chi connectivity index (χ4n) is 1.93. The van der Waals surface area contributed by atoms with Crippen LogP contribution in [0.5, 0.6) is 0 Å². The molecule has 0 saturated carbocycles. The van der Waals surface area contributed by atoms with Crippen molar-refractivity contribution in [2.45, 2.75) is 6.42 Å². The molecule has 0 aliphatic rings. The Morgan fingerprint density at radius 3 is 1.90 bits per heavy atom. The van der Waals surface area contributed by atoms with Gasteiger partial charge < -0.3 is 5.73 Å². The van der Waals surface area contributed by atoms with Gasteiger partial charge in [-0.3, -0.25) is 0 Å². The number of hydrogen-bond donors (Lipinski definition) is 1. The summed E-state index contributed by atoms with van der Waals surface area (Å²) in [5.41, 5.74) is 6.78. The van der Waals surface area contributed by atoms with E-state index in [-0.39, 0.29) is 36.2 Å². The van der Waals surface area contributed by atoms with E-state index in [0.29, 0.717) is 13.0 Å². The summed E-state index contributed by atoms with van der Waals surface area (Å²) in [5.74, 6) is -0.492. The van der Waals surface area contributed by atoms with Crippen molar-refractivity contribution in [2.75, 3.05) is 6.54 Å². The van der Waals surface area contributed by atoms with Crippen LogP contribution >= 0.6 is 58.0 Å². The van der Waals surface area contributed by atoms with E-state index >= 15 is 0 Å². The number of rotatable bonds is 3. The summed E-state index contributed by atoms with van der Waals surface area (Å²) in [4.78, 5) is 0. The molecule has 1 nitrogen and oxygen atoms in total. The van der Waals surface area contributed by atoms with Gasteiger partial charge in [-0.2, -0.15) is 0 Å². The molecule has 0 spiro atoms. The summed E-state index contributed by atoms with van der Waals surface area (Å²) >= 11 is 30.3. The van der Waals surface area contributed by atoms with Crippen LogP contribution in [-0.4, -0.2) is 6.54 Å². The summed E-state index contributed by atoms with van der Waals surface area (Å²) in [6.45, 7) is 0.439. The van der Waals surface area contributed by atoms with E-state index in [1.165, 1.54) is 6.07 Å². The van der Waals surface area contributed by atoms with Crippen molar-refractivity contribution in [2.24, 2.45) is 5.73 Å². The second-order valence-corrected chi connectivity index (χ2v) is 6.19. The summed E-state index contributed by atoms with van der Waals surface area (Å²) in [6.07, 6.45) is 0.595. The molecule has 112 valence electrons. The molecule has 2 rings (SSSR count). The lowest BCUT2D eigenvalue weighted by molar-refractivity contribution is 0.630. The smallest absolute Gasteiger partial charge is 0.131 e. The Bertz CT molecular complexity index is 673. The van der Waals surface area contributed by atoms with E-state index in [4.69, 9.17) is 63.7 Å². The minimum atomic E-state index is -0.492. The highest BCUT2D eigenvalue weighted by molar-refractivity contribution is 6.56. The first-order valence-corrected chi connectivity index (χ1v) is 7.77. The van der Waals surface area contributed by atoms with Crippen molar-refractivity contribution in [1.82, 2.24) is 0 Å². The van der Waals surface area contributed by atoms with Crippen LogP contribution in [0.4, 0.5) is 4.39 Å². The van der Waals surface area contributed by atoms with Crippen LogP contribution in [0.3, 0.4) is 0 Å². The van der Waals surface area contributed by atoms with Crippen molar-refractivity contribution in [3.05, 3.63) is 54.7 Å². The Morgan fingerprint density at radius 1 is 0.857 bits per heavy atom. The van der Waals surface area contributed by atoms with E-state index in [1.54, 1.807) is 12.1 Å². The van der Waals surface area contributed by atoms with Crippen LogP contribution in [0.15, 0.2) is 18.2 Å². The van der Waals surface area contributed by atoms with E-state index in [0.717, 1.165) is 5.56 Å². The zero-order chi connectivity index (χ0) is 15.7. The summed E-state index contributed by atoms with van der Waals surface area (Å²) < 4.78 is 14.2. The highest BCUT2D eigenvalue weighted by atomic mass is 35.5. The van der Waals surface area contributed by atoms with Crippen LogP contribution in [0.25, 0.3) is 11.1 Å². The van der Waals surface area contributed by atoms with E-state index < -0.39 is 5.82 Å². The number of benzene rings is 2. The molecule has 0 fully saturated rings. The molecule has 0 saturated heterocycles. The highest BCUT2D eigenvalue weighted by Crippen LogP contribution is 2.48. The Hall–Kier alpha value is -0.220. The molecular weight excluding hydrogens is 378 g/mol. The topological polar surface area (TPSA) is 26.0 Å². The molecule has 0 aliphatic carbocycles. The molecule has 0 unspecified atom stereocenters. The molecule has 7 heteroatoms. The lowest BCUT2D eigenvalue weighted by Crippen LogP contribution is -2.03. The number of nitrogens with two attached hydrogens (primary N) is 1. The number of hydrogen-bond acceptors (Lipinski definition) is 1. The maximum absolute atomic E-state index is 14.2. The first-order chi connectivity index (χ1) is 9.88. The molecule has 0 aliphatic heterocycles. The SMILES string of the molecule is NCCc1ccc(F)c(-c2c(Cl)c(Cl)c(Cl)c(Cl)c2Cl)c1. The molecule has 2 N–H and O–H groups in total. The van der Waals surface area contributed by atoms with Crippen molar-refractivity contribution in [3.63, 3.8) is 0 Å². The fraction of sp³-hybridized carbons (Fsp3) is 0.143. The standard InChI is InChI=1S/C14H9Cl5FN/c15-10-9(11(16)13(18)14(19)12(10)17)7-5-6(3-4-21)1-2-8(7)20/h1-2,5H,3-4,21H2. The first kappa shape index (κ1) is 17.1. The Morgan fingerprint density at radius 2 is 1.38 bits per heavy atom. The van der Waals surface area contributed by atoms with Crippen molar-refractivity contribution in [3.8, 4) is 11.1 Å². The van der Waals surface area contributed by atoms with E-state index in [2.05, 4.69) is 0 Å². The van der Waals surface area contributed by atoms with Crippen LogP contribution in [-0.2, 0) is 6.42 Å². The molecule has 21 heavy (non-hydrogen) atoms. The van der Waals surface area contributed by atoms with Gasteiger partial charge in [-0.1, -0.05) is 64.1 Å². The summed E-state index contributed by atoms with van der Waals surface area (Å²) in [6, 6.07) is 4.59. The lowest BCUT2D eigenvalue weighted by Gasteiger charge is -2.14. The predicted molar refractivity (Wildman–Crippen MR) is 89.6 cm³/mol. The molecule has 0 atom stereocenters. The van der Waals surface area contributed by atoms with Gasteiger partial charge in [0.25, 0.3) is 0 Å². The maximum Gasteiger partial charge on any atom is 0.131 e.